The van der Waals surface area contributed by atoms with Gasteiger partial charge >= 0.3 is 0 Å². The largest absolute Gasteiger partial charge is 0.496 e. The van der Waals surface area contributed by atoms with Crippen molar-refractivity contribution in [3.8, 4) is 11.5 Å². The Morgan fingerprint density at radius 2 is 1.86 bits per heavy atom. The number of rotatable bonds is 4. The molecule has 0 saturated heterocycles. The molecule has 0 aliphatic heterocycles. The molecule has 0 spiro atoms. The van der Waals surface area contributed by atoms with Crippen molar-refractivity contribution in [2.24, 2.45) is 0 Å². The summed E-state index contributed by atoms with van der Waals surface area (Å²) in [6.45, 7) is 0. The van der Waals surface area contributed by atoms with E-state index in [1.807, 2.05) is 12.1 Å². The summed E-state index contributed by atoms with van der Waals surface area (Å²) in [4.78, 5) is 0.902. The van der Waals surface area contributed by atoms with Crippen LogP contribution in [0.5, 0.6) is 11.5 Å². The fourth-order valence-corrected chi connectivity index (χ4v) is 4.78. The van der Waals surface area contributed by atoms with Crippen LogP contribution >= 0.6 is 38.6 Å². The van der Waals surface area contributed by atoms with Crippen molar-refractivity contribution in [2.45, 2.75) is 6.10 Å². The SMILES string of the molecule is COc1cc(C(O)c2cc3sccc3s2)c(OC)cc1Br. The molecule has 3 rings (SSSR count). The highest BCUT2D eigenvalue weighted by molar-refractivity contribution is 9.10. The van der Waals surface area contributed by atoms with Crippen LogP contribution in [0.15, 0.2) is 34.1 Å². The normalized spacial score (nSPS) is 12.6. The average molecular weight is 385 g/mol. The van der Waals surface area contributed by atoms with E-state index in [4.69, 9.17) is 9.47 Å². The summed E-state index contributed by atoms with van der Waals surface area (Å²) >= 11 is 6.70. The number of benzene rings is 1. The summed E-state index contributed by atoms with van der Waals surface area (Å²) < 4.78 is 13.9. The van der Waals surface area contributed by atoms with Gasteiger partial charge in [0.05, 0.1) is 18.7 Å². The molecule has 0 bridgehead atoms. The first-order chi connectivity index (χ1) is 10.1. The summed E-state index contributed by atoms with van der Waals surface area (Å²) in [5.41, 5.74) is 0.700. The van der Waals surface area contributed by atoms with Crippen LogP contribution in [-0.4, -0.2) is 19.3 Å². The fourth-order valence-electron chi connectivity index (χ4n) is 2.17. The van der Waals surface area contributed by atoms with Crippen molar-refractivity contribution in [1.82, 2.24) is 0 Å². The standard InChI is InChI=1S/C15H13BrO3S2/c1-18-10-6-9(16)11(19-2)5-8(10)15(17)14-7-13-12(21-14)3-4-20-13/h3-7,15,17H,1-2H3. The molecule has 2 aromatic heterocycles. The van der Waals surface area contributed by atoms with E-state index in [0.29, 0.717) is 17.1 Å². The second-order valence-electron chi connectivity index (χ2n) is 4.43. The molecule has 110 valence electrons. The van der Waals surface area contributed by atoms with Crippen molar-refractivity contribution < 1.29 is 14.6 Å². The molecule has 0 radical (unpaired) electrons. The number of thiophene rings is 2. The summed E-state index contributed by atoms with van der Waals surface area (Å²) in [5, 5.41) is 12.8. The maximum Gasteiger partial charge on any atom is 0.133 e. The highest BCUT2D eigenvalue weighted by Crippen LogP contribution is 2.41. The molecule has 1 atom stereocenters. The Balaban J connectivity index is 2.07. The van der Waals surface area contributed by atoms with Crippen molar-refractivity contribution in [3.05, 3.63) is 44.6 Å². The second-order valence-corrected chi connectivity index (χ2v) is 7.35. The predicted molar refractivity (Wildman–Crippen MR) is 91.0 cm³/mol. The summed E-state index contributed by atoms with van der Waals surface area (Å²) in [6.07, 6.45) is -0.730. The zero-order valence-electron chi connectivity index (χ0n) is 11.4. The van der Waals surface area contributed by atoms with E-state index in [-0.39, 0.29) is 0 Å². The lowest BCUT2D eigenvalue weighted by molar-refractivity contribution is 0.218. The topological polar surface area (TPSA) is 38.7 Å². The van der Waals surface area contributed by atoms with Crippen molar-refractivity contribution in [2.75, 3.05) is 14.2 Å². The molecular formula is C15H13BrO3S2. The quantitative estimate of drug-likeness (QED) is 0.700. The predicted octanol–water partition coefficient (Wildman–Crippen LogP) is 4.82. The van der Waals surface area contributed by atoms with Gasteiger partial charge in [-0.3, -0.25) is 0 Å². The first-order valence-electron chi connectivity index (χ1n) is 6.20. The van der Waals surface area contributed by atoms with Gasteiger partial charge in [-0.1, -0.05) is 0 Å². The second kappa shape index (κ2) is 5.96. The third-order valence-electron chi connectivity index (χ3n) is 3.23. The van der Waals surface area contributed by atoms with Crippen LogP contribution in [0.2, 0.25) is 0 Å². The van der Waals surface area contributed by atoms with Crippen LogP contribution in [0.1, 0.15) is 16.5 Å². The first kappa shape index (κ1) is 14.8. The Hall–Kier alpha value is -1.08. The molecule has 0 saturated carbocycles. The van der Waals surface area contributed by atoms with E-state index < -0.39 is 6.10 Å². The van der Waals surface area contributed by atoms with Gasteiger partial charge in [0, 0.05) is 19.8 Å². The number of ether oxygens (including phenoxy) is 2. The zero-order valence-corrected chi connectivity index (χ0v) is 14.6. The summed E-state index contributed by atoms with van der Waals surface area (Å²) in [5.74, 6) is 1.30. The van der Waals surface area contributed by atoms with E-state index >= 15 is 0 Å². The molecule has 6 heteroatoms. The number of hydrogen-bond acceptors (Lipinski definition) is 5. The van der Waals surface area contributed by atoms with Crippen LogP contribution < -0.4 is 9.47 Å². The van der Waals surface area contributed by atoms with Gasteiger partial charge in [0.1, 0.15) is 17.6 Å². The molecule has 0 aliphatic carbocycles. The molecule has 0 aliphatic rings. The van der Waals surface area contributed by atoms with Gasteiger partial charge in [0.25, 0.3) is 0 Å². The van der Waals surface area contributed by atoms with Gasteiger partial charge in [0.2, 0.25) is 0 Å². The third kappa shape index (κ3) is 2.68. The smallest absolute Gasteiger partial charge is 0.133 e. The minimum Gasteiger partial charge on any atom is -0.496 e. The summed E-state index contributed by atoms with van der Waals surface area (Å²) in [6, 6.07) is 7.72. The Bertz CT molecular complexity index is 750. The Morgan fingerprint density at radius 3 is 2.52 bits per heavy atom. The number of hydrogen-bond donors (Lipinski definition) is 1. The zero-order chi connectivity index (χ0) is 15.0. The van der Waals surface area contributed by atoms with Crippen LogP contribution in [-0.2, 0) is 0 Å². The minimum absolute atomic E-state index is 0.631. The first-order valence-corrected chi connectivity index (χ1v) is 8.69. The van der Waals surface area contributed by atoms with E-state index in [1.54, 1.807) is 43.0 Å². The van der Waals surface area contributed by atoms with Crippen LogP contribution in [0.4, 0.5) is 0 Å². The van der Waals surface area contributed by atoms with Crippen molar-refractivity contribution in [1.29, 1.82) is 0 Å². The Morgan fingerprint density at radius 1 is 1.10 bits per heavy atom. The number of halogens is 1. The Kier molecular flexibility index (Phi) is 4.21. The lowest BCUT2D eigenvalue weighted by Gasteiger charge is -2.16. The molecule has 2 heterocycles. The van der Waals surface area contributed by atoms with Crippen molar-refractivity contribution in [3.63, 3.8) is 0 Å². The molecule has 1 aromatic carbocycles. The number of methoxy groups -OCH3 is 2. The molecule has 0 amide bonds. The minimum atomic E-state index is -0.730. The molecule has 3 nitrogen and oxygen atoms in total. The van der Waals surface area contributed by atoms with Gasteiger partial charge in [-0.05, 0) is 45.6 Å². The summed E-state index contributed by atoms with van der Waals surface area (Å²) in [7, 11) is 3.20. The van der Waals surface area contributed by atoms with E-state index in [1.165, 1.54) is 9.40 Å². The van der Waals surface area contributed by atoms with Gasteiger partial charge in [0.15, 0.2) is 0 Å². The molecular weight excluding hydrogens is 372 g/mol. The lowest BCUT2D eigenvalue weighted by atomic mass is 10.1. The Labute approximate surface area is 138 Å². The molecule has 21 heavy (non-hydrogen) atoms. The van der Waals surface area contributed by atoms with E-state index in [0.717, 1.165) is 9.35 Å². The molecule has 3 aromatic rings. The third-order valence-corrected chi connectivity index (χ3v) is 5.99. The van der Waals surface area contributed by atoms with E-state index in [2.05, 4.69) is 27.4 Å². The maximum atomic E-state index is 10.7. The van der Waals surface area contributed by atoms with Gasteiger partial charge < -0.3 is 14.6 Å². The van der Waals surface area contributed by atoms with Crippen molar-refractivity contribution >= 4 is 48.0 Å². The highest BCUT2D eigenvalue weighted by Gasteiger charge is 2.20. The van der Waals surface area contributed by atoms with Gasteiger partial charge in [-0.25, -0.2) is 0 Å². The highest BCUT2D eigenvalue weighted by atomic mass is 79.9. The number of aliphatic hydroxyl groups excluding tert-OH is 1. The lowest BCUT2D eigenvalue weighted by Crippen LogP contribution is -2.02. The fraction of sp³-hybridized carbons (Fsp3) is 0.200. The van der Waals surface area contributed by atoms with E-state index in [9.17, 15) is 5.11 Å². The maximum absolute atomic E-state index is 10.7. The number of fused-ring (bicyclic) bond motifs is 1. The average Bonchev–Trinajstić information content (AvgIpc) is 3.07. The van der Waals surface area contributed by atoms with Crippen LogP contribution in [0, 0.1) is 0 Å². The molecule has 1 unspecified atom stereocenters. The van der Waals surface area contributed by atoms with Crippen LogP contribution in [0.25, 0.3) is 9.40 Å². The van der Waals surface area contributed by atoms with Gasteiger partial charge in [-0.15, -0.1) is 22.7 Å². The van der Waals surface area contributed by atoms with Gasteiger partial charge in [-0.2, -0.15) is 0 Å². The van der Waals surface area contributed by atoms with Crippen LogP contribution in [0.3, 0.4) is 0 Å². The monoisotopic (exact) mass is 384 g/mol. The number of aliphatic hydroxyl groups is 1. The molecule has 1 N–H and O–H groups in total. The molecule has 0 fully saturated rings.